The van der Waals surface area contributed by atoms with Crippen LogP contribution in [0.15, 0.2) is 59.5 Å². The third-order valence-electron chi connectivity index (χ3n) is 3.29. The zero-order chi connectivity index (χ0) is 18.9. The van der Waals surface area contributed by atoms with Crippen LogP contribution in [0.5, 0.6) is 0 Å². The van der Waals surface area contributed by atoms with Gasteiger partial charge in [0.2, 0.25) is 0 Å². The summed E-state index contributed by atoms with van der Waals surface area (Å²) in [6, 6.07) is 16.0. The number of hydrogen-bond donors (Lipinski definition) is 1. The number of amides is 2. The molecule has 0 aliphatic rings. The standard InChI is InChI=1S/C19H20N2O4S/c1-21(2)19(24)14-8-10-15(11-9-14)20-17(22)12-25-18(23)13-26-16-6-4-3-5-7-16/h3-11H,12-13H2,1-2H3,(H,20,22). The highest BCUT2D eigenvalue weighted by molar-refractivity contribution is 8.00. The summed E-state index contributed by atoms with van der Waals surface area (Å²) >= 11 is 1.35. The summed E-state index contributed by atoms with van der Waals surface area (Å²) in [7, 11) is 3.34. The van der Waals surface area contributed by atoms with E-state index < -0.39 is 11.9 Å². The monoisotopic (exact) mass is 372 g/mol. The van der Waals surface area contributed by atoms with Crippen LogP contribution in [0, 0.1) is 0 Å². The van der Waals surface area contributed by atoms with Gasteiger partial charge in [0.15, 0.2) is 6.61 Å². The van der Waals surface area contributed by atoms with Gasteiger partial charge in [0.05, 0.1) is 5.75 Å². The second-order valence-corrected chi connectivity index (χ2v) is 6.64. The van der Waals surface area contributed by atoms with Gasteiger partial charge in [-0.3, -0.25) is 14.4 Å². The van der Waals surface area contributed by atoms with E-state index in [0.717, 1.165) is 4.90 Å². The highest BCUT2D eigenvalue weighted by Gasteiger charge is 2.10. The summed E-state index contributed by atoms with van der Waals surface area (Å²) in [6.07, 6.45) is 0. The average molecular weight is 372 g/mol. The van der Waals surface area contributed by atoms with Crippen molar-refractivity contribution in [2.45, 2.75) is 4.90 Å². The van der Waals surface area contributed by atoms with Gasteiger partial charge in [-0.15, -0.1) is 11.8 Å². The van der Waals surface area contributed by atoms with E-state index in [1.165, 1.54) is 16.7 Å². The average Bonchev–Trinajstić information content (AvgIpc) is 2.65. The third-order valence-corrected chi connectivity index (χ3v) is 4.27. The molecule has 2 amide bonds. The quantitative estimate of drug-likeness (QED) is 0.597. The number of rotatable bonds is 7. The van der Waals surface area contributed by atoms with E-state index >= 15 is 0 Å². The van der Waals surface area contributed by atoms with Gasteiger partial charge < -0.3 is 15.0 Å². The molecular weight excluding hydrogens is 352 g/mol. The van der Waals surface area contributed by atoms with Crippen molar-refractivity contribution in [3.05, 3.63) is 60.2 Å². The summed E-state index contributed by atoms with van der Waals surface area (Å²) in [5.74, 6) is -0.873. The van der Waals surface area contributed by atoms with Crippen molar-refractivity contribution in [2.75, 3.05) is 31.8 Å². The molecule has 0 aliphatic heterocycles. The Morgan fingerprint density at radius 3 is 2.27 bits per heavy atom. The van der Waals surface area contributed by atoms with Crippen molar-refractivity contribution in [3.63, 3.8) is 0 Å². The van der Waals surface area contributed by atoms with Gasteiger partial charge in [0.1, 0.15) is 0 Å². The van der Waals surface area contributed by atoms with Crippen molar-refractivity contribution in [2.24, 2.45) is 0 Å². The summed E-state index contributed by atoms with van der Waals surface area (Å²) in [6.45, 7) is -0.355. The SMILES string of the molecule is CN(C)C(=O)c1ccc(NC(=O)COC(=O)CSc2ccccc2)cc1. The maximum absolute atomic E-state index is 11.8. The van der Waals surface area contributed by atoms with Crippen LogP contribution in [0.3, 0.4) is 0 Å². The fraction of sp³-hybridized carbons (Fsp3) is 0.211. The largest absolute Gasteiger partial charge is 0.455 e. The second-order valence-electron chi connectivity index (χ2n) is 5.59. The Kier molecular flexibility index (Phi) is 7.23. The van der Waals surface area contributed by atoms with Crippen LogP contribution in [0.1, 0.15) is 10.4 Å². The maximum atomic E-state index is 11.8. The summed E-state index contributed by atoms with van der Waals surface area (Å²) in [4.78, 5) is 37.8. The van der Waals surface area contributed by atoms with Crippen LogP contribution < -0.4 is 5.32 Å². The highest BCUT2D eigenvalue weighted by Crippen LogP contribution is 2.16. The van der Waals surface area contributed by atoms with E-state index in [4.69, 9.17) is 4.74 Å². The highest BCUT2D eigenvalue weighted by atomic mass is 32.2. The number of carbonyl (C=O) groups excluding carboxylic acids is 3. The third kappa shape index (κ3) is 6.25. The van der Waals surface area contributed by atoms with Gasteiger partial charge in [0.25, 0.3) is 11.8 Å². The molecule has 0 radical (unpaired) electrons. The molecule has 0 saturated heterocycles. The molecule has 2 aromatic carbocycles. The van der Waals surface area contributed by atoms with E-state index in [1.807, 2.05) is 30.3 Å². The number of anilines is 1. The smallest absolute Gasteiger partial charge is 0.316 e. The molecule has 0 aromatic heterocycles. The van der Waals surface area contributed by atoms with Crippen molar-refractivity contribution in [3.8, 4) is 0 Å². The normalized spacial score (nSPS) is 10.1. The molecule has 0 heterocycles. The molecule has 0 bridgehead atoms. The zero-order valence-electron chi connectivity index (χ0n) is 14.6. The Morgan fingerprint density at radius 1 is 1.00 bits per heavy atom. The first-order chi connectivity index (χ1) is 12.5. The molecule has 0 unspecified atom stereocenters. The van der Waals surface area contributed by atoms with E-state index in [1.54, 1.807) is 38.4 Å². The number of thioether (sulfide) groups is 1. The minimum absolute atomic E-state index is 0.118. The van der Waals surface area contributed by atoms with Crippen LogP contribution in [0.2, 0.25) is 0 Å². The van der Waals surface area contributed by atoms with E-state index in [-0.39, 0.29) is 18.3 Å². The fourth-order valence-corrected chi connectivity index (χ4v) is 2.72. The van der Waals surface area contributed by atoms with Crippen LogP contribution >= 0.6 is 11.8 Å². The molecular formula is C19H20N2O4S. The Labute approximate surface area is 156 Å². The summed E-state index contributed by atoms with van der Waals surface area (Å²) in [5.41, 5.74) is 1.05. The van der Waals surface area contributed by atoms with E-state index in [2.05, 4.69) is 5.32 Å². The van der Waals surface area contributed by atoms with Gasteiger partial charge in [-0.2, -0.15) is 0 Å². The van der Waals surface area contributed by atoms with Gasteiger partial charge in [-0.05, 0) is 36.4 Å². The molecule has 0 atom stereocenters. The Morgan fingerprint density at radius 2 is 1.65 bits per heavy atom. The van der Waals surface area contributed by atoms with Crippen molar-refractivity contribution in [1.29, 1.82) is 0 Å². The number of nitrogens with one attached hydrogen (secondary N) is 1. The lowest BCUT2D eigenvalue weighted by molar-refractivity contribution is -0.144. The Bertz CT molecular complexity index is 761. The number of hydrogen-bond acceptors (Lipinski definition) is 5. The second kappa shape index (κ2) is 9.62. The molecule has 26 heavy (non-hydrogen) atoms. The first kappa shape index (κ1) is 19.5. The molecule has 0 fully saturated rings. The van der Waals surface area contributed by atoms with Gasteiger partial charge in [0, 0.05) is 30.2 Å². The zero-order valence-corrected chi connectivity index (χ0v) is 15.4. The summed E-state index contributed by atoms with van der Waals surface area (Å²) < 4.78 is 4.96. The molecule has 2 rings (SSSR count). The topological polar surface area (TPSA) is 75.7 Å². The fourth-order valence-electron chi connectivity index (χ4n) is 2.00. The lowest BCUT2D eigenvalue weighted by Gasteiger charge is -2.11. The molecule has 2 aromatic rings. The minimum atomic E-state index is -0.457. The Balaban J connectivity index is 1.74. The predicted octanol–water partition coefficient (Wildman–Crippen LogP) is 2.66. The number of ether oxygens (including phenoxy) is 1. The molecule has 0 saturated carbocycles. The van der Waals surface area contributed by atoms with E-state index in [0.29, 0.717) is 11.3 Å². The number of nitrogens with zero attached hydrogens (tertiary/aromatic N) is 1. The van der Waals surface area contributed by atoms with E-state index in [9.17, 15) is 14.4 Å². The molecule has 1 N–H and O–H groups in total. The van der Waals surface area contributed by atoms with Crippen LogP contribution in [-0.2, 0) is 14.3 Å². The first-order valence-corrected chi connectivity index (χ1v) is 8.89. The van der Waals surface area contributed by atoms with Crippen LogP contribution in [0.25, 0.3) is 0 Å². The lowest BCUT2D eigenvalue weighted by Crippen LogP contribution is -2.22. The summed E-state index contributed by atoms with van der Waals surface area (Å²) in [5, 5.41) is 2.62. The molecule has 6 nitrogen and oxygen atoms in total. The van der Waals surface area contributed by atoms with Crippen LogP contribution in [0.4, 0.5) is 5.69 Å². The van der Waals surface area contributed by atoms with Gasteiger partial charge in [-0.25, -0.2) is 0 Å². The first-order valence-electron chi connectivity index (χ1n) is 7.91. The maximum Gasteiger partial charge on any atom is 0.316 e. The van der Waals surface area contributed by atoms with Gasteiger partial charge >= 0.3 is 5.97 Å². The number of esters is 1. The number of carbonyl (C=O) groups is 3. The van der Waals surface area contributed by atoms with Crippen LogP contribution in [-0.4, -0.2) is 49.1 Å². The van der Waals surface area contributed by atoms with Crippen molar-refractivity contribution < 1.29 is 19.1 Å². The predicted molar refractivity (Wildman–Crippen MR) is 101 cm³/mol. The molecule has 0 aliphatic carbocycles. The molecule has 0 spiro atoms. The van der Waals surface area contributed by atoms with Crippen molar-refractivity contribution in [1.82, 2.24) is 4.90 Å². The van der Waals surface area contributed by atoms with Crippen molar-refractivity contribution >= 4 is 35.2 Å². The minimum Gasteiger partial charge on any atom is -0.455 e. The molecule has 136 valence electrons. The lowest BCUT2D eigenvalue weighted by atomic mass is 10.2. The van der Waals surface area contributed by atoms with Gasteiger partial charge in [-0.1, -0.05) is 18.2 Å². The Hall–Kier alpha value is -2.80. The number of benzene rings is 2. The molecule has 7 heteroatoms.